The highest BCUT2D eigenvalue weighted by Gasteiger charge is 2.19. The van der Waals surface area contributed by atoms with Gasteiger partial charge in [-0.3, -0.25) is 14.4 Å². The Morgan fingerprint density at radius 2 is 0.559 bits per heavy atom. The van der Waals surface area contributed by atoms with Crippen molar-refractivity contribution in [3.8, 4) is 0 Å². The van der Waals surface area contributed by atoms with Gasteiger partial charge < -0.3 is 14.2 Å². The van der Waals surface area contributed by atoms with Crippen LogP contribution < -0.4 is 0 Å². The van der Waals surface area contributed by atoms with E-state index in [1.54, 1.807) is 0 Å². The fourth-order valence-electron chi connectivity index (χ4n) is 7.99. The molecule has 0 amide bonds. The Kier molecular flexibility index (Phi) is 44.7. The predicted octanol–water partition coefficient (Wildman–Crippen LogP) is 16.9. The van der Waals surface area contributed by atoms with Gasteiger partial charge in [-0.1, -0.05) is 253 Å². The van der Waals surface area contributed by atoms with E-state index in [4.69, 9.17) is 14.2 Å². The summed E-state index contributed by atoms with van der Waals surface area (Å²) in [5.74, 6) is 0.800. The van der Waals surface area contributed by atoms with Crippen molar-refractivity contribution in [3.63, 3.8) is 0 Å². The quantitative estimate of drug-likeness (QED) is 0.0345. The molecule has 0 bridgehead atoms. The first kappa shape index (κ1) is 57.4. The molecule has 0 saturated carbocycles. The van der Waals surface area contributed by atoms with E-state index in [1.807, 2.05) is 0 Å². The lowest BCUT2D eigenvalue weighted by molar-refractivity contribution is -0.167. The maximum atomic E-state index is 12.7. The van der Waals surface area contributed by atoms with E-state index in [-0.39, 0.29) is 31.1 Å². The Morgan fingerprint density at radius 1 is 0.322 bits per heavy atom. The van der Waals surface area contributed by atoms with Crippen molar-refractivity contribution in [1.29, 1.82) is 0 Å². The van der Waals surface area contributed by atoms with E-state index in [0.29, 0.717) is 19.3 Å². The largest absolute Gasteiger partial charge is 0.462 e. The maximum absolute atomic E-state index is 12.7. The Morgan fingerprint density at radius 3 is 0.831 bits per heavy atom. The fourth-order valence-corrected chi connectivity index (χ4v) is 7.99. The van der Waals surface area contributed by atoms with Crippen LogP contribution in [0.1, 0.15) is 291 Å². The van der Waals surface area contributed by atoms with Crippen molar-refractivity contribution < 1.29 is 28.6 Å². The third-order valence-electron chi connectivity index (χ3n) is 12.0. The van der Waals surface area contributed by atoms with Gasteiger partial charge in [-0.15, -0.1) is 0 Å². The summed E-state index contributed by atoms with van der Waals surface area (Å²) in [5, 5.41) is 0. The molecule has 0 aromatic carbocycles. The van der Waals surface area contributed by atoms with Gasteiger partial charge in [-0.2, -0.15) is 0 Å². The molecule has 0 aliphatic heterocycles. The number of hydrogen-bond acceptors (Lipinski definition) is 6. The van der Waals surface area contributed by atoms with Crippen LogP contribution in [0, 0.1) is 11.8 Å². The molecule has 6 heteroatoms. The number of unbranched alkanes of at least 4 members (excludes halogenated alkanes) is 32. The van der Waals surface area contributed by atoms with Gasteiger partial charge >= 0.3 is 17.9 Å². The highest BCUT2D eigenvalue weighted by Crippen LogP contribution is 2.17. The molecule has 0 aromatic rings. The van der Waals surface area contributed by atoms with Gasteiger partial charge in [0.2, 0.25) is 0 Å². The van der Waals surface area contributed by atoms with Crippen LogP contribution in [0.25, 0.3) is 0 Å². The van der Waals surface area contributed by atoms with E-state index in [9.17, 15) is 14.4 Å². The van der Waals surface area contributed by atoms with Gasteiger partial charge in [0.25, 0.3) is 0 Å². The molecule has 6 nitrogen and oxygen atoms in total. The van der Waals surface area contributed by atoms with Crippen LogP contribution >= 0.6 is 0 Å². The van der Waals surface area contributed by atoms with Crippen molar-refractivity contribution in [2.75, 3.05) is 13.2 Å². The monoisotopic (exact) mass is 835 g/mol. The number of carbonyl (C=O) groups excluding carboxylic acids is 3. The fraction of sp³-hybridized carbons (Fsp3) is 0.943. The van der Waals surface area contributed by atoms with Gasteiger partial charge in [0.05, 0.1) is 0 Å². The lowest BCUT2D eigenvalue weighted by Crippen LogP contribution is -2.30. The Balaban J connectivity index is 4.23. The molecule has 1 atom stereocenters. The first-order valence-corrected chi connectivity index (χ1v) is 26.2. The van der Waals surface area contributed by atoms with Crippen LogP contribution in [-0.4, -0.2) is 37.2 Å². The van der Waals surface area contributed by atoms with E-state index in [2.05, 4.69) is 34.6 Å². The minimum atomic E-state index is -0.761. The summed E-state index contributed by atoms with van der Waals surface area (Å²) >= 11 is 0. The zero-order chi connectivity index (χ0) is 43.3. The molecule has 0 aromatic heterocycles. The minimum absolute atomic E-state index is 0.0638. The summed E-state index contributed by atoms with van der Waals surface area (Å²) in [6.07, 6.45) is 46.7. The summed E-state index contributed by atoms with van der Waals surface area (Å²) < 4.78 is 16.8. The van der Waals surface area contributed by atoms with Crippen LogP contribution in [0.2, 0.25) is 0 Å². The molecule has 0 aliphatic carbocycles. The molecule has 59 heavy (non-hydrogen) atoms. The highest BCUT2D eigenvalue weighted by atomic mass is 16.6. The first-order chi connectivity index (χ1) is 28.7. The molecule has 0 unspecified atom stereocenters. The number of esters is 3. The van der Waals surface area contributed by atoms with Gasteiger partial charge in [0, 0.05) is 19.3 Å². The molecular formula is C53H102O6. The van der Waals surface area contributed by atoms with Crippen molar-refractivity contribution in [1.82, 2.24) is 0 Å². The first-order valence-electron chi connectivity index (χ1n) is 26.2. The Labute approximate surface area is 368 Å². The van der Waals surface area contributed by atoms with Gasteiger partial charge in [-0.25, -0.2) is 0 Å². The second-order valence-corrected chi connectivity index (χ2v) is 19.1. The molecular weight excluding hydrogens is 733 g/mol. The predicted molar refractivity (Wildman–Crippen MR) is 252 cm³/mol. The zero-order valence-corrected chi connectivity index (χ0v) is 40.4. The van der Waals surface area contributed by atoms with E-state index in [0.717, 1.165) is 69.6 Å². The van der Waals surface area contributed by atoms with Crippen LogP contribution in [0.5, 0.6) is 0 Å². The topological polar surface area (TPSA) is 78.9 Å². The number of rotatable bonds is 47. The maximum Gasteiger partial charge on any atom is 0.306 e. The van der Waals surface area contributed by atoms with E-state index in [1.165, 1.54) is 180 Å². The molecule has 0 heterocycles. The molecule has 0 aliphatic rings. The van der Waals surface area contributed by atoms with Crippen molar-refractivity contribution >= 4 is 17.9 Å². The number of carbonyl (C=O) groups is 3. The van der Waals surface area contributed by atoms with Crippen LogP contribution in [0.3, 0.4) is 0 Å². The summed E-state index contributed by atoms with van der Waals surface area (Å²) in [6, 6.07) is 0. The van der Waals surface area contributed by atoms with Crippen LogP contribution in [0.15, 0.2) is 0 Å². The highest BCUT2D eigenvalue weighted by molar-refractivity contribution is 5.71. The normalized spacial score (nSPS) is 12.1. The summed E-state index contributed by atoms with van der Waals surface area (Å²) in [7, 11) is 0. The molecule has 0 rings (SSSR count). The third-order valence-corrected chi connectivity index (χ3v) is 12.0. The molecule has 0 spiro atoms. The second kappa shape index (κ2) is 45.9. The molecule has 0 fully saturated rings. The summed E-state index contributed by atoms with van der Waals surface area (Å²) in [5.41, 5.74) is 0. The summed E-state index contributed by atoms with van der Waals surface area (Å²) in [6.45, 7) is 11.4. The van der Waals surface area contributed by atoms with Gasteiger partial charge in [0.15, 0.2) is 6.10 Å². The van der Waals surface area contributed by atoms with E-state index >= 15 is 0 Å². The SMILES string of the molecule is CCCCCCCCCCCCCC(=O)O[C@H](COC(=O)CCCCCCCCCCCCCCCCCCC(C)C)COC(=O)CCCCCCCCCCC(C)C. The second-order valence-electron chi connectivity index (χ2n) is 19.1. The van der Waals surface area contributed by atoms with Gasteiger partial charge in [0.1, 0.15) is 13.2 Å². The lowest BCUT2D eigenvalue weighted by atomic mass is 10.0. The average molecular weight is 835 g/mol. The average Bonchev–Trinajstić information content (AvgIpc) is 3.20. The molecule has 0 saturated heterocycles. The van der Waals surface area contributed by atoms with E-state index < -0.39 is 6.10 Å². The van der Waals surface area contributed by atoms with Crippen molar-refractivity contribution in [2.24, 2.45) is 11.8 Å². The number of ether oxygens (including phenoxy) is 3. The standard InChI is InChI=1S/C53H102O6/c1-6-7-8-9-10-11-18-23-30-35-40-45-53(56)59-50(47-58-52(55)44-39-34-29-25-24-27-32-37-42-49(4)5)46-57-51(54)43-38-33-28-22-20-17-15-13-12-14-16-19-21-26-31-36-41-48(2)3/h48-50H,6-47H2,1-5H3/t50-/m1/s1. The molecule has 350 valence electrons. The molecule has 0 N–H and O–H groups in total. The minimum Gasteiger partial charge on any atom is -0.462 e. The van der Waals surface area contributed by atoms with Crippen molar-refractivity contribution in [3.05, 3.63) is 0 Å². The van der Waals surface area contributed by atoms with Crippen LogP contribution in [-0.2, 0) is 28.6 Å². The van der Waals surface area contributed by atoms with Gasteiger partial charge in [-0.05, 0) is 31.1 Å². The summed E-state index contributed by atoms with van der Waals surface area (Å²) in [4.78, 5) is 37.9. The van der Waals surface area contributed by atoms with Crippen LogP contribution in [0.4, 0.5) is 0 Å². The Hall–Kier alpha value is -1.59. The third kappa shape index (κ3) is 47.3. The lowest BCUT2D eigenvalue weighted by Gasteiger charge is -2.18. The number of hydrogen-bond donors (Lipinski definition) is 0. The van der Waals surface area contributed by atoms with Crippen molar-refractivity contribution in [2.45, 2.75) is 298 Å². The molecule has 0 radical (unpaired) electrons. The zero-order valence-electron chi connectivity index (χ0n) is 40.4. The smallest absolute Gasteiger partial charge is 0.306 e. The Bertz CT molecular complexity index is 900.